The highest BCUT2D eigenvalue weighted by molar-refractivity contribution is 6.33. The van der Waals surface area contributed by atoms with Crippen molar-refractivity contribution in [2.75, 3.05) is 25.0 Å². The summed E-state index contributed by atoms with van der Waals surface area (Å²) >= 11 is 12.4. The van der Waals surface area contributed by atoms with Crippen LogP contribution in [0.2, 0.25) is 10.0 Å². The van der Waals surface area contributed by atoms with Crippen molar-refractivity contribution in [2.45, 2.75) is 19.4 Å². The van der Waals surface area contributed by atoms with Crippen LogP contribution in [0, 0.1) is 5.92 Å². The molecule has 2 atom stereocenters. The number of aromatic amines is 1. The van der Waals surface area contributed by atoms with Gasteiger partial charge in [-0.25, -0.2) is 9.78 Å². The second-order valence-corrected chi connectivity index (χ2v) is 7.66. The number of benzene rings is 1. The zero-order chi connectivity index (χ0) is 19.0. The second kappa shape index (κ2) is 7.50. The van der Waals surface area contributed by atoms with E-state index in [1.54, 1.807) is 29.0 Å². The lowest BCUT2D eigenvalue weighted by atomic mass is 10.1. The molecule has 3 heterocycles. The van der Waals surface area contributed by atoms with Crippen molar-refractivity contribution in [3.63, 3.8) is 0 Å². The maximum Gasteiger partial charge on any atom is 0.328 e. The lowest BCUT2D eigenvalue weighted by molar-refractivity contribution is 0.612. The van der Waals surface area contributed by atoms with E-state index in [9.17, 15) is 4.79 Å². The lowest BCUT2D eigenvalue weighted by Gasteiger charge is -2.16. The normalized spacial score (nSPS) is 18.1. The topological polar surface area (TPSA) is 87.6 Å². The molecule has 3 N–H and O–H groups in total. The van der Waals surface area contributed by atoms with Gasteiger partial charge >= 0.3 is 5.69 Å². The first kappa shape index (κ1) is 18.3. The average Bonchev–Trinajstić information content (AvgIpc) is 3.28. The van der Waals surface area contributed by atoms with Gasteiger partial charge in [-0.1, -0.05) is 23.2 Å². The molecule has 142 valence electrons. The molecule has 7 nitrogen and oxygen atoms in total. The van der Waals surface area contributed by atoms with E-state index >= 15 is 0 Å². The molecule has 27 heavy (non-hydrogen) atoms. The predicted molar refractivity (Wildman–Crippen MR) is 108 cm³/mol. The Bertz CT molecular complexity index is 1020. The molecule has 0 aliphatic carbocycles. The van der Waals surface area contributed by atoms with Gasteiger partial charge in [0, 0.05) is 16.6 Å². The Hall–Kier alpha value is -2.09. The first-order valence-corrected chi connectivity index (χ1v) is 9.65. The van der Waals surface area contributed by atoms with E-state index in [0.29, 0.717) is 33.1 Å². The van der Waals surface area contributed by atoms with Gasteiger partial charge in [0.15, 0.2) is 5.65 Å². The fourth-order valence-corrected chi connectivity index (χ4v) is 3.91. The van der Waals surface area contributed by atoms with E-state index in [0.717, 1.165) is 31.6 Å². The van der Waals surface area contributed by atoms with Crippen LogP contribution in [-0.4, -0.2) is 39.2 Å². The number of anilines is 1. The van der Waals surface area contributed by atoms with Crippen molar-refractivity contribution in [1.29, 1.82) is 0 Å². The minimum Gasteiger partial charge on any atom is -0.354 e. The van der Waals surface area contributed by atoms with Crippen molar-refractivity contribution in [3.05, 3.63) is 50.5 Å². The molecule has 3 aromatic rings. The Morgan fingerprint density at radius 1 is 1.41 bits per heavy atom. The van der Waals surface area contributed by atoms with E-state index in [1.165, 1.54) is 0 Å². The third-order valence-electron chi connectivity index (χ3n) is 4.96. The maximum atomic E-state index is 12.6. The quantitative estimate of drug-likeness (QED) is 0.605. The summed E-state index contributed by atoms with van der Waals surface area (Å²) < 4.78 is 1.58. The molecule has 1 fully saturated rings. The largest absolute Gasteiger partial charge is 0.354 e. The van der Waals surface area contributed by atoms with Gasteiger partial charge in [-0.3, -0.25) is 4.57 Å². The van der Waals surface area contributed by atoms with Crippen molar-refractivity contribution in [2.24, 2.45) is 5.92 Å². The summed E-state index contributed by atoms with van der Waals surface area (Å²) in [5, 5.41) is 7.73. The Labute approximate surface area is 166 Å². The van der Waals surface area contributed by atoms with E-state index in [-0.39, 0.29) is 11.7 Å². The van der Waals surface area contributed by atoms with Gasteiger partial charge in [-0.2, -0.15) is 4.98 Å². The highest BCUT2D eigenvalue weighted by atomic mass is 35.5. The molecule has 0 spiro atoms. The predicted octanol–water partition coefficient (Wildman–Crippen LogP) is 3.06. The summed E-state index contributed by atoms with van der Waals surface area (Å²) in [7, 11) is 0. The average molecular weight is 407 g/mol. The third kappa shape index (κ3) is 3.67. The zero-order valence-electron chi connectivity index (χ0n) is 14.8. The molecule has 0 radical (unpaired) electrons. The zero-order valence-corrected chi connectivity index (χ0v) is 16.3. The fraction of sp³-hybridized carbons (Fsp3) is 0.389. The van der Waals surface area contributed by atoms with Gasteiger partial charge in [0.05, 0.1) is 12.2 Å². The number of aromatic nitrogens is 4. The fourth-order valence-electron chi connectivity index (χ4n) is 3.46. The number of nitrogens with zero attached hydrogens (tertiary/aromatic N) is 3. The van der Waals surface area contributed by atoms with E-state index in [4.69, 9.17) is 23.2 Å². The Morgan fingerprint density at radius 2 is 2.26 bits per heavy atom. The number of rotatable bonds is 5. The Kier molecular flexibility index (Phi) is 5.08. The van der Waals surface area contributed by atoms with Crippen LogP contribution in [0.5, 0.6) is 0 Å². The number of imidazole rings is 1. The standard InChI is InChI=1S/C18H20Cl2N6O/c1-10(13-6-12(19)2-3-14(13)20)26-16-15(24-18(26)27)9-23-17(25-16)22-8-11-4-5-21-7-11/h2-3,6,9-11,21H,4-5,7-8H2,1H3,(H,24,27)(H,22,23,25)/t10-,11-/m1/s1. The van der Waals surface area contributed by atoms with Crippen LogP contribution >= 0.6 is 23.2 Å². The van der Waals surface area contributed by atoms with Crippen molar-refractivity contribution in [1.82, 2.24) is 24.8 Å². The molecule has 0 saturated carbocycles. The lowest BCUT2D eigenvalue weighted by Crippen LogP contribution is -2.22. The maximum absolute atomic E-state index is 12.6. The van der Waals surface area contributed by atoms with Crippen molar-refractivity contribution in [3.8, 4) is 0 Å². The van der Waals surface area contributed by atoms with Crippen molar-refractivity contribution < 1.29 is 0 Å². The Balaban J connectivity index is 1.69. The number of nitrogens with one attached hydrogen (secondary N) is 3. The van der Waals surface area contributed by atoms with Gasteiger partial charge < -0.3 is 15.6 Å². The van der Waals surface area contributed by atoms with Crippen molar-refractivity contribution >= 4 is 40.3 Å². The number of hydrogen-bond acceptors (Lipinski definition) is 5. The summed E-state index contributed by atoms with van der Waals surface area (Å²) in [6.45, 7) is 4.73. The highest BCUT2D eigenvalue weighted by Crippen LogP contribution is 2.29. The number of H-pyrrole nitrogens is 1. The van der Waals surface area contributed by atoms with E-state index < -0.39 is 0 Å². The van der Waals surface area contributed by atoms with E-state index in [1.807, 2.05) is 6.92 Å². The number of halogens is 2. The first-order chi connectivity index (χ1) is 13.0. The number of hydrogen-bond donors (Lipinski definition) is 3. The third-order valence-corrected chi connectivity index (χ3v) is 5.54. The summed E-state index contributed by atoms with van der Waals surface area (Å²) in [5.74, 6) is 1.06. The van der Waals surface area contributed by atoms with Gasteiger partial charge in [-0.15, -0.1) is 0 Å². The minimum absolute atomic E-state index is 0.264. The van der Waals surface area contributed by atoms with Gasteiger partial charge in [0.1, 0.15) is 5.52 Å². The van der Waals surface area contributed by atoms with Gasteiger partial charge in [0.25, 0.3) is 0 Å². The molecule has 0 bridgehead atoms. The highest BCUT2D eigenvalue weighted by Gasteiger charge is 2.20. The van der Waals surface area contributed by atoms with Gasteiger partial charge in [-0.05, 0) is 56.1 Å². The molecule has 0 amide bonds. The molecule has 1 saturated heterocycles. The molecule has 1 aliphatic heterocycles. The molecule has 0 unspecified atom stereocenters. The summed E-state index contributed by atoms with van der Waals surface area (Å²) in [6.07, 6.45) is 2.76. The molecular formula is C18H20Cl2N6O. The van der Waals surface area contributed by atoms with Gasteiger partial charge in [0.2, 0.25) is 5.95 Å². The molecule has 9 heteroatoms. The summed E-state index contributed by atoms with van der Waals surface area (Å²) in [6, 6.07) is 4.89. The first-order valence-electron chi connectivity index (χ1n) is 8.89. The van der Waals surface area contributed by atoms with Crippen LogP contribution in [0.15, 0.2) is 29.2 Å². The van der Waals surface area contributed by atoms with Crippen LogP contribution in [-0.2, 0) is 0 Å². The Morgan fingerprint density at radius 3 is 3.04 bits per heavy atom. The molecule has 2 aromatic heterocycles. The molecular weight excluding hydrogens is 387 g/mol. The second-order valence-electron chi connectivity index (χ2n) is 6.81. The van der Waals surface area contributed by atoms with E-state index in [2.05, 4.69) is 25.6 Å². The monoisotopic (exact) mass is 406 g/mol. The van der Waals surface area contributed by atoms with Crippen LogP contribution in [0.4, 0.5) is 5.95 Å². The number of fused-ring (bicyclic) bond motifs is 1. The van der Waals surface area contributed by atoms with Crippen LogP contribution < -0.4 is 16.3 Å². The van der Waals surface area contributed by atoms with Crippen LogP contribution in [0.25, 0.3) is 11.2 Å². The van der Waals surface area contributed by atoms with Crippen LogP contribution in [0.1, 0.15) is 24.9 Å². The smallest absolute Gasteiger partial charge is 0.328 e. The summed E-state index contributed by atoms with van der Waals surface area (Å²) in [5.41, 5.74) is 1.61. The molecule has 4 rings (SSSR count). The SMILES string of the molecule is C[C@H](c1cc(Cl)ccc1Cl)n1c(=O)[nH]c2cnc(NC[C@@H]3CCNC3)nc21. The summed E-state index contributed by atoms with van der Waals surface area (Å²) in [4.78, 5) is 24.2. The molecule has 1 aliphatic rings. The molecule has 1 aromatic carbocycles. The van der Waals surface area contributed by atoms with Crippen LogP contribution in [0.3, 0.4) is 0 Å². The minimum atomic E-state index is -0.334.